The maximum Gasteiger partial charge on any atom is 0.306 e. The van der Waals surface area contributed by atoms with Gasteiger partial charge in [-0.1, -0.05) is 0 Å². The zero-order valence-electron chi connectivity index (χ0n) is 10.9. The molecule has 0 aliphatic heterocycles. The molecule has 0 atom stereocenters. The highest BCUT2D eigenvalue weighted by molar-refractivity contribution is 7.99. The number of methoxy groups -OCH3 is 1. The molecule has 0 bridgehead atoms. The van der Waals surface area contributed by atoms with Crippen LogP contribution in [-0.2, 0) is 22.4 Å². The summed E-state index contributed by atoms with van der Waals surface area (Å²) in [5, 5.41) is 9.92. The van der Waals surface area contributed by atoms with Gasteiger partial charge >= 0.3 is 5.97 Å². The van der Waals surface area contributed by atoms with Crippen molar-refractivity contribution in [3.63, 3.8) is 0 Å². The Morgan fingerprint density at radius 2 is 2.32 bits per heavy atom. The summed E-state index contributed by atoms with van der Waals surface area (Å²) in [5.41, 5.74) is 2.95. The van der Waals surface area contributed by atoms with Crippen molar-refractivity contribution in [2.75, 3.05) is 12.9 Å². The Morgan fingerprint density at radius 1 is 1.53 bits per heavy atom. The molecule has 1 heterocycles. The Morgan fingerprint density at radius 3 is 3.05 bits per heavy atom. The van der Waals surface area contributed by atoms with Crippen LogP contribution >= 0.6 is 11.8 Å². The van der Waals surface area contributed by atoms with Gasteiger partial charge in [0.15, 0.2) is 0 Å². The molecule has 1 aromatic heterocycles. The number of hydrogen-bond acceptors (Lipinski definition) is 5. The predicted molar refractivity (Wildman–Crippen MR) is 73.0 cm³/mol. The number of nitrogens with zero attached hydrogens (tertiary/aromatic N) is 2. The van der Waals surface area contributed by atoms with E-state index in [4.69, 9.17) is 0 Å². The van der Waals surface area contributed by atoms with Crippen LogP contribution in [0.3, 0.4) is 0 Å². The summed E-state index contributed by atoms with van der Waals surface area (Å²) in [6, 6.07) is 4.16. The standard InChI is InChI=1S/C14H16N2O2S/c1-18-13(17)6-7-19-14-11(9-15)8-10-4-2-3-5-12(10)16-14/h8H,2-7H2,1H3. The van der Waals surface area contributed by atoms with Crippen molar-refractivity contribution in [2.45, 2.75) is 37.1 Å². The molecule has 1 aliphatic rings. The molecule has 19 heavy (non-hydrogen) atoms. The molecule has 0 radical (unpaired) electrons. The fourth-order valence-corrected chi connectivity index (χ4v) is 3.03. The van der Waals surface area contributed by atoms with Crippen LogP contribution in [0.1, 0.15) is 36.1 Å². The molecule has 0 spiro atoms. The third kappa shape index (κ3) is 3.48. The van der Waals surface area contributed by atoms with Gasteiger partial charge in [-0.15, -0.1) is 11.8 Å². The maximum absolute atomic E-state index is 11.1. The number of esters is 1. The van der Waals surface area contributed by atoms with Gasteiger partial charge < -0.3 is 4.74 Å². The molecule has 1 aromatic rings. The first-order chi connectivity index (χ1) is 9.24. The van der Waals surface area contributed by atoms with E-state index in [0.717, 1.165) is 30.0 Å². The van der Waals surface area contributed by atoms with E-state index in [9.17, 15) is 10.1 Å². The molecule has 5 heteroatoms. The summed E-state index contributed by atoms with van der Waals surface area (Å²) < 4.78 is 4.60. The number of aryl methyl sites for hydroxylation is 2. The van der Waals surface area contributed by atoms with Crippen LogP contribution < -0.4 is 0 Å². The molecule has 0 aromatic carbocycles. The number of ether oxygens (including phenoxy) is 1. The van der Waals surface area contributed by atoms with E-state index < -0.39 is 0 Å². The van der Waals surface area contributed by atoms with Crippen molar-refractivity contribution in [3.05, 3.63) is 22.9 Å². The van der Waals surface area contributed by atoms with Gasteiger partial charge in [0.2, 0.25) is 0 Å². The van der Waals surface area contributed by atoms with E-state index in [1.165, 1.54) is 30.9 Å². The van der Waals surface area contributed by atoms with E-state index in [1.807, 2.05) is 6.07 Å². The lowest BCUT2D eigenvalue weighted by molar-refractivity contribution is -0.140. The fraction of sp³-hybridized carbons (Fsp3) is 0.500. The van der Waals surface area contributed by atoms with Gasteiger partial charge in [0.1, 0.15) is 11.1 Å². The molecule has 1 aliphatic carbocycles. The minimum absolute atomic E-state index is 0.232. The number of carbonyl (C=O) groups excluding carboxylic acids is 1. The number of carbonyl (C=O) groups is 1. The number of pyridine rings is 1. The zero-order chi connectivity index (χ0) is 13.7. The fourth-order valence-electron chi connectivity index (χ4n) is 2.14. The lowest BCUT2D eigenvalue weighted by Crippen LogP contribution is -2.08. The minimum atomic E-state index is -0.232. The molecule has 0 saturated heterocycles. The van der Waals surface area contributed by atoms with Gasteiger partial charge in [0, 0.05) is 11.4 Å². The third-order valence-corrected chi connectivity index (χ3v) is 4.15. The summed E-state index contributed by atoms with van der Waals surface area (Å²) >= 11 is 1.45. The summed E-state index contributed by atoms with van der Waals surface area (Å²) in [5.74, 6) is 0.358. The van der Waals surface area contributed by atoms with E-state index in [-0.39, 0.29) is 5.97 Å². The van der Waals surface area contributed by atoms with Gasteiger partial charge in [0.25, 0.3) is 0 Å². The maximum atomic E-state index is 11.1. The first kappa shape index (κ1) is 13.9. The van der Waals surface area contributed by atoms with Crippen LogP contribution in [0.15, 0.2) is 11.1 Å². The molecule has 0 N–H and O–H groups in total. The van der Waals surface area contributed by atoms with Crippen LogP contribution in [0.4, 0.5) is 0 Å². The van der Waals surface area contributed by atoms with Crippen molar-refractivity contribution < 1.29 is 9.53 Å². The SMILES string of the molecule is COC(=O)CCSc1nc2c(cc1C#N)CCCC2. The van der Waals surface area contributed by atoms with Crippen LogP contribution in [0.5, 0.6) is 0 Å². The monoisotopic (exact) mass is 276 g/mol. The zero-order valence-corrected chi connectivity index (χ0v) is 11.8. The Hall–Kier alpha value is -1.54. The summed E-state index contributed by atoms with van der Waals surface area (Å²) in [6.07, 6.45) is 4.69. The van der Waals surface area contributed by atoms with Gasteiger partial charge in [-0.25, -0.2) is 4.98 Å². The number of aromatic nitrogens is 1. The molecule has 4 nitrogen and oxygen atoms in total. The average Bonchev–Trinajstić information content (AvgIpc) is 2.46. The Bertz CT molecular complexity index is 523. The smallest absolute Gasteiger partial charge is 0.306 e. The molecule has 0 amide bonds. The average molecular weight is 276 g/mol. The highest BCUT2D eigenvalue weighted by atomic mass is 32.2. The lowest BCUT2D eigenvalue weighted by atomic mass is 9.95. The Kier molecular flexibility index (Phi) is 4.80. The van der Waals surface area contributed by atoms with Crippen molar-refractivity contribution in [3.8, 4) is 6.07 Å². The lowest BCUT2D eigenvalue weighted by Gasteiger charge is -2.16. The van der Waals surface area contributed by atoms with Gasteiger partial charge in [-0.05, 0) is 37.3 Å². The van der Waals surface area contributed by atoms with Gasteiger partial charge in [-0.2, -0.15) is 5.26 Å². The second-order valence-corrected chi connectivity index (χ2v) is 5.52. The Balaban J connectivity index is 2.11. The van der Waals surface area contributed by atoms with E-state index in [1.54, 1.807) is 0 Å². The topological polar surface area (TPSA) is 63.0 Å². The second kappa shape index (κ2) is 6.58. The normalized spacial score (nSPS) is 13.5. The predicted octanol–water partition coefficient (Wildman–Crippen LogP) is 2.49. The number of nitriles is 1. The molecule has 0 saturated carbocycles. The minimum Gasteiger partial charge on any atom is -0.469 e. The highest BCUT2D eigenvalue weighted by Gasteiger charge is 2.15. The Labute approximate surface area is 117 Å². The van der Waals surface area contributed by atoms with Crippen molar-refractivity contribution >= 4 is 17.7 Å². The first-order valence-electron chi connectivity index (χ1n) is 6.37. The molecule has 2 rings (SSSR count). The van der Waals surface area contributed by atoms with Crippen molar-refractivity contribution in [1.29, 1.82) is 5.26 Å². The van der Waals surface area contributed by atoms with Gasteiger partial charge in [0.05, 0.1) is 19.1 Å². The van der Waals surface area contributed by atoms with E-state index in [0.29, 0.717) is 17.7 Å². The van der Waals surface area contributed by atoms with Crippen LogP contribution in [0.25, 0.3) is 0 Å². The third-order valence-electron chi connectivity index (χ3n) is 3.16. The summed E-state index contributed by atoms with van der Waals surface area (Å²) in [6.45, 7) is 0. The molecule has 0 fully saturated rings. The molecule has 100 valence electrons. The number of thioether (sulfide) groups is 1. The van der Waals surface area contributed by atoms with E-state index >= 15 is 0 Å². The van der Waals surface area contributed by atoms with Gasteiger partial charge in [-0.3, -0.25) is 4.79 Å². The number of rotatable bonds is 4. The number of fused-ring (bicyclic) bond motifs is 1. The van der Waals surface area contributed by atoms with Crippen LogP contribution in [0, 0.1) is 11.3 Å². The second-order valence-electron chi connectivity index (χ2n) is 4.44. The van der Waals surface area contributed by atoms with E-state index in [2.05, 4.69) is 15.8 Å². The van der Waals surface area contributed by atoms with Crippen molar-refractivity contribution in [2.24, 2.45) is 0 Å². The van der Waals surface area contributed by atoms with Crippen LogP contribution in [0.2, 0.25) is 0 Å². The summed E-state index contributed by atoms with van der Waals surface area (Å²) in [4.78, 5) is 15.7. The van der Waals surface area contributed by atoms with Crippen molar-refractivity contribution in [1.82, 2.24) is 4.98 Å². The van der Waals surface area contributed by atoms with Crippen LogP contribution in [-0.4, -0.2) is 23.8 Å². The highest BCUT2D eigenvalue weighted by Crippen LogP contribution is 2.27. The first-order valence-corrected chi connectivity index (χ1v) is 7.35. The summed E-state index contributed by atoms with van der Waals surface area (Å²) in [7, 11) is 1.38. The molecular weight excluding hydrogens is 260 g/mol. The quantitative estimate of drug-likeness (QED) is 0.624. The molecule has 0 unspecified atom stereocenters. The largest absolute Gasteiger partial charge is 0.469 e. The molecular formula is C14H16N2O2S. The number of hydrogen-bond donors (Lipinski definition) is 0.